The minimum atomic E-state index is -1.09. The number of carbonyl (C=O) groups is 2. The third kappa shape index (κ3) is 3.18. The molecule has 1 saturated heterocycles. The Morgan fingerprint density at radius 3 is 2.62 bits per heavy atom. The molecule has 0 saturated carbocycles. The summed E-state index contributed by atoms with van der Waals surface area (Å²) in [6.07, 6.45) is -0.758. The van der Waals surface area contributed by atoms with Crippen molar-refractivity contribution in [1.29, 1.82) is 0 Å². The topological polar surface area (TPSA) is 87.1 Å². The van der Waals surface area contributed by atoms with Crippen LogP contribution in [0, 0.1) is 0 Å². The Kier molecular flexibility index (Phi) is 4.26. The second-order valence-corrected chi connectivity index (χ2v) is 4.15. The zero-order chi connectivity index (χ0) is 12.3. The molecule has 1 aliphatic heterocycles. The molecular weight excluding hydrogens is 214 g/mol. The highest BCUT2D eigenvalue weighted by molar-refractivity contribution is 5.85. The van der Waals surface area contributed by atoms with Gasteiger partial charge in [-0.05, 0) is 13.8 Å². The number of β-amino-alcohol motifs (C(OH)–C–C–N with tert-alkyl or cyclic N) is 1. The van der Waals surface area contributed by atoms with Crippen LogP contribution >= 0.6 is 0 Å². The van der Waals surface area contributed by atoms with Crippen molar-refractivity contribution in [3.8, 4) is 0 Å². The number of hydrogen-bond donors (Lipinski definition) is 2. The molecular formula is C10H17NO5. The van der Waals surface area contributed by atoms with Crippen LogP contribution in [0.2, 0.25) is 0 Å². The van der Waals surface area contributed by atoms with Gasteiger partial charge in [-0.15, -0.1) is 0 Å². The molecule has 1 fully saturated rings. The first kappa shape index (κ1) is 12.9. The predicted octanol–water partition coefficient (Wildman–Crippen LogP) is -0.542. The van der Waals surface area contributed by atoms with E-state index in [2.05, 4.69) is 0 Å². The normalized spacial score (nSPS) is 25.1. The summed E-state index contributed by atoms with van der Waals surface area (Å²) in [6.45, 7) is 3.51. The zero-order valence-corrected chi connectivity index (χ0v) is 9.42. The summed E-state index contributed by atoms with van der Waals surface area (Å²) in [5, 5.41) is 18.2. The SMILES string of the molecule is CC(C)OCC(=O)N1CC(O)C[C@H]1C(=O)O. The number of aliphatic hydroxyl groups excluding tert-OH is 1. The van der Waals surface area contributed by atoms with E-state index in [4.69, 9.17) is 9.84 Å². The molecule has 1 rings (SSSR count). The second-order valence-electron chi connectivity index (χ2n) is 4.15. The van der Waals surface area contributed by atoms with Crippen LogP contribution in [-0.4, -0.2) is 58.4 Å². The zero-order valence-electron chi connectivity index (χ0n) is 9.42. The number of carboxylic acid groups (broad SMARTS) is 1. The molecule has 6 nitrogen and oxygen atoms in total. The number of amides is 1. The molecule has 2 N–H and O–H groups in total. The maximum absolute atomic E-state index is 11.6. The molecule has 1 aliphatic rings. The van der Waals surface area contributed by atoms with E-state index >= 15 is 0 Å². The smallest absolute Gasteiger partial charge is 0.326 e. The number of likely N-dealkylation sites (tertiary alicyclic amines) is 1. The van der Waals surface area contributed by atoms with E-state index in [0.29, 0.717) is 0 Å². The Labute approximate surface area is 93.8 Å². The van der Waals surface area contributed by atoms with Crippen LogP contribution in [0.5, 0.6) is 0 Å². The first-order valence-electron chi connectivity index (χ1n) is 5.23. The molecule has 16 heavy (non-hydrogen) atoms. The van der Waals surface area contributed by atoms with E-state index in [9.17, 15) is 14.7 Å². The van der Waals surface area contributed by atoms with Crippen LogP contribution in [0.4, 0.5) is 0 Å². The van der Waals surface area contributed by atoms with Crippen molar-refractivity contribution in [2.45, 2.75) is 38.5 Å². The largest absolute Gasteiger partial charge is 0.480 e. The van der Waals surface area contributed by atoms with E-state index in [0.717, 1.165) is 4.90 Å². The van der Waals surface area contributed by atoms with Gasteiger partial charge in [-0.25, -0.2) is 4.79 Å². The first-order valence-corrected chi connectivity index (χ1v) is 5.23. The van der Waals surface area contributed by atoms with E-state index < -0.39 is 24.0 Å². The van der Waals surface area contributed by atoms with Crippen molar-refractivity contribution in [1.82, 2.24) is 4.90 Å². The minimum Gasteiger partial charge on any atom is -0.480 e. The van der Waals surface area contributed by atoms with Gasteiger partial charge in [0.25, 0.3) is 0 Å². The first-order chi connectivity index (χ1) is 7.41. The molecule has 0 aromatic rings. The average molecular weight is 231 g/mol. The summed E-state index contributed by atoms with van der Waals surface area (Å²) in [5.41, 5.74) is 0. The fraction of sp³-hybridized carbons (Fsp3) is 0.800. The Bertz CT molecular complexity index is 278. The molecule has 1 heterocycles. The van der Waals surface area contributed by atoms with E-state index in [-0.39, 0.29) is 25.7 Å². The molecule has 92 valence electrons. The Hall–Kier alpha value is -1.14. The van der Waals surface area contributed by atoms with Crippen molar-refractivity contribution >= 4 is 11.9 Å². The lowest BCUT2D eigenvalue weighted by molar-refractivity contribution is -0.150. The fourth-order valence-electron chi connectivity index (χ4n) is 1.64. The van der Waals surface area contributed by atoms with Gasteiger partial charge >= 0.3 is 5.97 Å². The quantitative estimate of drug-likeness (QED) is 0.678. The van der Waals surface area contributed by atoms with E-state index in [1.165, 1.54) is 0 Å². The van der Waals surface area contributed by atoms with Crippen molar-refractivity contribution in [2.24, 2.45) is 0 Å². The summed E-state index contributed by atoms with van der Waals surface area (Å²) in [6, 6.07) is -0.932. The van der Waals surface area contributed by atoms with Gasteiger partial charge in [0.05, 0.1) is 12.2 Å². The molecule has 0 bridgehead atoms. The minimum absolute atomic E-state index is 0.0667. The number of aliphatic carboxylic acids is 1. The van der Waals surface area contributed by atoms with Crippen LogP contribution in [-0.2, 0) is 14.3 Å². The van der Waals surface area contributed by atoms with Crippen LogP contribution in [0.25, 0.3) is 0 Å². The van der Waals surface area contributed by atoms with Crippen LogP contribution in [0.1, 0.15) is 20.3 Å². The highest BCUT2D eigenvalue weighted by Crippen LogP contribution is 2.18. The summed E-state index contributed by atoms with van der Waals surface area (Å²) >= 11 is 0. The van der Waals surface area contributed by atoms with Gasteiger partial charge in [0.15, 0.2) is 0 Å². The van der Waals surface area contributed by atoms with Crippen molar-refractivity contribution in [3.63, 3.8) is 0 Å². The number of ether oxygens (including phenoxy) is 1. The van der Waals surface area contributed by atoms with Gasteiger partial charge in [-0.3, -0.25) is 4.79 Å². The molecule has 0 spiro atoms. The maximum atomic E-state index is 11.6. The number of carboxylic acids is 1. The van der Waals surface area contributed by atoms with Crippen LogP contribution in [0.15, 0.2) is 0 Å². The fourth-order valence-corrected chi connectivity index (χ4v) is 1.64. The molecule has 6 heteroatoms. The molecule has 0 radical (unpaired) electrons. The third-order valence-corrected chi connectivity index (χ3v) is 2.42. The molecule has 1 unspecified atom stereocenters. The van der Waals surface area contributed by atoms with Crippen molar-refractivity contribution in [2.75, 3.05) is 13.2 Å². The van der Waals surface area contributed by atoms with E-state index in [1.807, 2.05) is 0 Å². The van der Waals surface area contributed by atoms with Gasteiger partial charge in [0.1, 0.15) is 12.6 Å². The number of hydrogen-bond acceptors (Lipinski definition) is 4. The van der Waals surface area contributed by atoms with Crippen LogP contribution < -0.4 is 0 Å². The average Bonchev–Trinajstić information content (AvgIpc) is 2.56. The predicted molar refractivity (Wildman–Crippen MR) is 54.8 cm³/mol. The number of aliphatic hydroxyl groups is 1. The van der Waals surface area contributed by atoms with E-state index in [1.54, 1.807) is 13.8 Å². The van der Waals surface area contributed by atoms with Gasteiger partial charge in [0, 0.05) is 13.0 Å². The Morgan fingerprint density at radius 2 is 2.12 bits per heavy atom. The molecule has 1 amide bonds. The number of carbonyl (C=O) groups excluding carboxylic acids is 1. The highest BCUT2D eigenvalue weighted by atomic mass is 16.5. The maximum Gasteiger partial charge on any atom is 0.326 e. The Morgan fingerprint density at radius 1 is 1.50 bits per heavy atom. The monoisotopic (exact) mass is 231 g/mol. The van der Waals surface area contributed by atoms with Gasteiger partial charge in [-0.1, -0.05) is 0 Å². The number of nitrogens with zero attached hydrogens (tertiary/aromatic N) is 1. The summed E-state index contributed by atoms with van der Waals surface area (Å²) in [5.74, 6) is -1.48. The lowest BCUT2D eigenvalue weighted by atomic mass is 10.2. The van der Waals surface area contributed by atoms with Crippen LogP contribution in [0.3, 0.4) is 0 Å². The van der Waals surface area contributed by atoms with Crippen molar-refractivity contribution < 1.29 is 24.5 Å². The molecule has 0 aliphatic carbocycles. The lowest BCUT2D eigenvalue weighted by Crippen LogP contribution is -2.42. The third-order valence-electron chi connectivity index (χ3n) is 2.42. The highest BCUT2D eigenvalue weighted by Gasteiger charge is 2.38. The van der Waals surface area contributed by atoms with Gasteiger partial charge in [-0.2, -0.15) is 0 Å². The Balaban J connectivity index is 2.56. The molecule has 0 aromatic carbocycles. The summed E-state index contributed by atoms with van der Waals surface area (Å²) in [7, 11) is 0. The van der Waals surface area contributed by atoms with Crippen molar-refractivity contribution in [3.05, 3.63) is 0 Å². The van der Waals surface area contributed by atoms with Gasteiger partial charge < -0.3 is 19.8 Å². The summed E-state index contributed by atoms with van der Waals surface area (Å²) in [4.78, 5) is 23.7. The van der Waals surface area contributed by atoms with Gasteiger partial charge in [0.2, 0.25) is 5.91 Å². The number of rotatable bonds is 4. The summed E-state index contributed by atoms with van der Waals surface area (Å²) < 4.78 is 5.11. The lowest BCUT2D eigenvalue weighted by Gasteiger charge is -2.21. The molecule has 0 aromatic heterocycles. The standard InChI is InChI=1S/C10H17NO5/c1-6(2)16-5-9(13)11-4-7(12)3-8(11)10(14)15/h6-8,12H,3-5H2,1-2H3,(H,14,15)/t7?,8-/m0/s1. The second kappa shape index (κ2) is 5.27. The molecule has 2 atom stereocenters.